The fourth-order valence-electron chi connectivity index (χ4n) is 1.83. The van der Waals surface area contributed by atoms with E-state index in [-0.39, 0.29) is 11.8 Å². The quantitative estimate of drug-likeness (QED) is 0.893. The summed E-state index contributed by atoms with van der Waals surface area (Å²) in [6, 6.07) is 13.0. The van der Waals surface area contributed by atoms with Crippen LogP contribution >= 0.6 is 0 Å². The maximum atomic E-state index is 12.3. The third kappa shape index (κ3) is 3.35. The van der Waals surface area contributed by atoms with E-state index >= 15 is 0 Å². The Morgan fingerprint density at radius 1 is 1.15 bits per heavy atom. The molecule has 0 saturated heterocycles. The average molecular weight is 269 g/mol. The first-order valence-corrected chi connectivity index (χ1v) is 6.66. The van der Waals surface area contributed by atoms with Crippen LogP contribution in [-0.2, 0) is 0 Å². The number of hydrogen-bond acceptors (Lipinski definition) is 3. The van der Waals surface area contributed by atoms with Gasteiger partial charge in [-0.2, -0.15) is 0 Å². The Labute approximate surface area is 119 Å². The van der Waals surface area contributed by atoms with E-state index in [9.17, 15) is 4.79 Å². The van der Waals surface area contributed by atoms with Crippen LogP contribution in [0.25, 0.3) is 0 Å². The lowest BCUT2D eigenvalue weighted by Crippen LogP contribution is -2.13. The van der Waals surface area contributed by atoms with Gasteiger partial charge in [0.2, 0.25) is 0 Å². The predicted molar refractivity (Wildman–Crippen MR) is 82.3 cm³/mol. The van der Waals surface area contributed by atoms with Gasteiger partial charge in [0.1, 0.15) is 5.82 Å². The highest BCUT2D eigenvalue weighted by atomic mass is 16.1. The molecule has 0 aliphatic carbocycles. The van der Waals surface area contributed by atoms with Gasteiger partial charge in [0, 0.05) is 24.0 Å². The number of hydrogen-bond donors (Lipinski definition) is 2. The van der Waals surface area contributed by atoms with E-state index < -0.39 is 0 Å². The number of aromatic nitrogens is 1. The lowest BCUT2D eigenvalue weighted by Gasteiger charge is -2.11. The summed E-state index contributed by atoms with van der Waals surface area (Å²) in [5.41, 5.74) is 2.29. The first-order chi connectivity index (χ1) is 9.60. The number of carbonyl (C=O) groups is 1. The number of para-hydroxylation sites is 1. The third-order valence-electron chi connectivity index (χ3n) is 2.99. The number of nitrogens with one attached hydrogen (secondary N) is 2. The molecule has 0 atom stereocenters. The monoisotopic (exact) mass is 269 g/mol. The van der Waals surface area contributed by atoms with Crippen molar-refractivity contribution < 1.29 is 4.79 Å². The molecule has 2 aromatic rings. The van der Waals surface area contributed by atoms with E-state index in [1.807, 2.05) is 36.4 Å². The zero-order valence-electron chi connectivity index (χ0n) is 12.0. The number of rotatable bonds is 4. The van der Waals surface area contributed by atoms with Gasteiger partial charge in [-0.1, -0.05) is 32.0 Å². The minimum Gasteiger partial charge on any atom is -0.373 e. The summed E-state index contributed by atoms with van der Waals surface area (Å²) in [6.45, 7) is 4.11. The van der Waals surface area contributed by atoms with Crippen LogP contribution in [0.4, 0.5) is 11.5 Å². The molecular formula is C16H19N3O. The van der Waals surface area contributed by atoms with Crippen molar-refractivity contribution in [3.05, 3.63) is 53.7 Å². The molecule has 1 aromatic heterocycles. The molecule has 0 fully saturated rings. The molecule has 0 aliphatic heterocycles. The molecule has 0 bridgehead atoms. The van der Waals surface area contributed by atoms with Gasteiger partial charge in [0.15, 0.2) is 0 Å². The molecule has 1 amide bonds. The van der Waals surface area contributed by atoms with Crippen LogP contribution in [0.15, 0.2) is 42.5 Å². The van der Waals surface area contributed by atoms with Crippen molar-refractivity contribution in [1.82, 2.24) is 4.98 Å². The Hall–Kier alpha value is -2.36. The number of carbonyl (C=O) groups excluding carboxylic acids is 1. The Kier molecular flexibility index (Phi) is 4.35. The normalized spacial score (nSPS) is 10.4. The largest absolute Gasteiger partial charge is 0.373 e. The molecule has 1 aromatic carbocycles. The highest BCUT2D eigenvalue weighted by Gasteiger charge is 2.11. The number of benzene rings is 1. The van der Waals surface area contributed by atoms with E-state index in [0.29, 0.717) is 11.4 Å². The minimum atomic E-state index is -0.128. The maximum absolute atomic E-state index is 12.3. The summed E-state index contributed by atoms with van der Waals surface area (Å²) in [5.74, 6) is 0.845. The van der Waals surface area contributed by atoms with Gasteiger partial charge >= 0.3 is 0 Å². The molecular weight excluding hydrogens is 250 g/mol. The van der Waals surface area contributed by atoms with Gasteiger partial charge in [-0.05, 0) is 30.2 Å². The highest BCUT2D eigenvalue weighted by molar-refractivity contribution is 6.04. The topological polar surface area (TPSA) is 54.0 Å². The van der Waals surface area contributed by atoms with Gasteiger partial charge in [-0.15, -0.1) is 0 Å². The van der Waals surface area contributed by atoms with Crippen LogP contribution < -0.4 is 10.6 Å². The molecule has 20 heavy (non-hydrogen) atoms. The van der Waals surface area contributed by atoms with E-state index in [1.165, 1.54) is 0 Å². The van der Waals surface area contributed by atoms with Crippen LogP contribution in [0.2, 0.25) is 0 Å². The van der Waals surface area contributed by atoms with Crippen molar-refractivity contribution >= 4 is 17.4 Å². The number of pyridine rings is 1. The first-order valence-electron chi connectivity index (χ1n) is 6.66. The van der Waals surface area contributed by atoms with Crippen LogP contribution in [0, 0.1) is 0 Å². The minimum absolute atomic E-state index is 0.128. The number of anilines is 2. The van der Waals surface area contributed by atoms with Crippen molar-refractivity contribution in [2.75, 3.05) is 17.7 Å². The summed E-state index contributed by atoms with van der Waals surface area (Å²) < 4.78 is 0. The van der Waals surface area contributed by atoms with Crippen LogP contribution in [0.5, 0.6) is 0 Å². The standard InChI is InChI=1S/C16H19N3O/c1-11(2)14-9-12(10-15(17-3)19-14)16(20)18-13-7-5-4-6-8-13/h4-11H,1-3H3,(H,17,19)(H,18,20). The molecule has 2 N–H and O–H groups in total. The fourth-order valence-corrected chi connectivity index (χ4v) is 1.83. The second kappa shape index (κ2) is 6.19. The maximum Gasteiger partial charge on any atom is 0.255 e. The van der Waals surface area contributed by atoms with E-state index in [4.69, 9.17) is 0 Å². The van der Waals surface area contributed by atoms with Gasteiger partial charge in [0.05, 0.1) is 0 Å². The SMILES string of the molecule is CNc1cc(C(=O)Nc2ccccc2)cc(C(C)C)n1. The van der Waals surface area contributed by atoms with Crippen molar-refractivity contribution in [1.29, 1.82) is 0 Å². The van der Waals surface area contributed by atoms with E-state index in [2.05, 4.69) is 29.5 Å². The molecule has 0 saturated carbocycles. The van der Waals surface area contributed by atoms with Crippen LogP contribution in [-0.4, -0.2) is 17.9 Å². The van der Waals surface area contributed by atoms with Crippen molar-refractivity contribution in [3.8, 4) is 0 Å². The van der Waals surface area contributed by atoms with Gasteiger partial charge in [0.25, 0.3) is 5.91 Å². The summed E-state index contributed by atoms with van der Waals surface area (Å²) in [6.07, 6.45) is 0. The second-order valence-electron chi connectivity index (χ2n) is 4.89. The molecule has 0 aliphatic rings. The number of amides is 1. The Balaban J connectivity index is 2.27. The molecule has 0 spiro atoms. The molecule has 104 valence electrons. The van der Waals surface area contributed by atoms with E-state index in [1.54, 1.807) is 13.1 Å². The second-order valence-corrected chi connectivity index (χ2v) is 4.89. The molecule has 0 radical (unpaired) electrons. The molecule has 0 unspecified atom stereocenters. The van der Waals surface area contributed by atoms with Crippen molar-refractivity contribution in [2.45, 2.75) is 19.8 Å². The van der Waals surface area contributed by atoms with Gasteiger partial charge in [-0.3, -0.25) is 4.79 Å². The van der Waals surface area contributed by atoms with E-state index in [0.717, 1.165) is 11.4 Å². The summed E-state index contributed by atoms with van der Waals surface area (Å²) in [7, 11) is 1.80. The van der Waals surface area contributed by atoms with Gasteiger partial charge < -0.3 is 10.6 Å². The van der Waals surface area contributed by atoms with Crippen LogP contribution in [0.3, 0.4) is 0 Å². The molecule has 1 heterocycles. The highest BCUT2D eigenvalue weighted by Crippen LogP contribution is 2.18. The number of nitrogens with zero attached hydrogens (tertiary/aromatic N) is 1. The lowest BCUT2D eigenvalue weighted by atomic mass is 10.1. The Morgan fingerprint density at radius 3 is 2.45 bits per heavy atom. The summed E-state index contributed by atoms with van der Waals surface area (Å²) in [4.78, 5) is 16.7. The summed E-state index contributed by atoms with van der Waals surface area (Å²) >= 11 is 0. The average Bonchev–Trinajstić information content (AvgIpc) is 2.47. The zero-order chi connectivity index (χ0) is 14.5. The Morgan fingerprint density at radius 2 is 1.85 bits per heavy atom. The summed E-state index contributed by atoms with van der Waals surface area (Å²) in [5, 5.41) is 5.87. The Bertz CT molecular complexity index is 594. The molecule has 4 heteroatoms. The van der Waals surface area contributed by atoms with Crippen LogP contribution in [0.1, 0.15) is 35.8 Å². The smallest absolute Gasteiger partial charge is 0.255 e. The first kappa shape index (κ1) is 14.1. The molecule has 2 rings (SSSR count). The third-order valence-corrected chi connectivity index (χ3v) is 2.99. The fraction of sp³-hybridized carbons (Fsp3) is 0.250. The zero-order valence-corrected chi connectivity index (χ0v) is 12.0. The van der Waals surface area contributed by atoms with Gasteiger partial charge in [-0.25, -0.2) is 4.98 Å². The van der Waals surface area contributed by atoms with Crippen molar-refractivity contribution in [3.63, 3.8) is 0 Å². The van der Waals surface area contributed by atoms with Crippen molar-refractivity contribution in [2.24, 2.45) is 0 Å². The lowest BCUT2D eigenvalue weighted by molar-refractivity contribution is 0.102. The predicted octanol–water partition coefficient (Wildman–Crippen LogP) is 3.50. The molecule has 4 nitrogen and oxygen atoms in total.